The van der Waals surface area contributed by atoms with Gasteiger partial charge >= 0.3 is 6.18 Å². The predicted octanol–water partition coefficient (Wildman–Crippen LogP) is 4.01. The Labute approximate surface area is 188 Å². The highest BCUT2D eigenvalue weighted by Gasteiger charge is 2.56. The topological polar surface area (TPSA) is 104 Å². The molecule has 0 spiro atoms. The molecule has 0 saturated heterocycles. The molecule has 0 heterocycles. The first-order valence-electron chi connectivity index (χ1n) is 9.64. The number of benzene rings is 3. The summed E-state index contributed by atoms with van der Waals surface area (Å²) in [5.74, 6) is -1.51. The molecular weight excluding hydrogens is 459 g/mol. The molecule has 0 bridgehead atoms. The highest BCUT2D eigenvalue weighted by molar-refractivity contribution is 7.91. The number of phenolic OH excluding ortho intramolecular Hbond substituents is 1. The molecule has 2 unspecified atom stereocenters. The van der Waals surface area contributed by atoms with E-state index in [1.54, 1.807) is 6.07 Å². The Morgan fingerprint density at radius 1 is 0.879 bits per heavy atom. The summed E-state index contributed by atoms with van der Waals surface area (Å²) in [7, 11) is -3.92. The number of alkyl halides is 3. The van der Waals surface area contributed by atoms with E-state index in [4.69, 9.17) is 0 Å². The SMILES string of the molecule is CC(O)(C(NC(=O)c1ccccc1O)c1ccc(S(=O)(=O)c2ccccc2)cc1)C(F)(F)F. The zero-order valence-corrected chi connectivity index (χ0v) is 18.1. The minimum absolute atomic E-state index is 0.00411. The molecule has 174 valence electrons. The molecular formula is C23H20F3NO5S. The van der Waals surface area contributed by atoms with Gasteiger partial charge in [-0.25, -0.2) is 8.42 Å². The normalized spacial score (nSPS) is 14.8. The first-order chi connectivity index (χ1) is 15.4. The number of rotatable bonds is 6. The van der Waals surface area contributed by atoms with E-state index in [0.29, 0.717) is 6.92 Å². The summed E-state index contributed by atoms with van der Waals surface area (Å²) in [6.45, 7) is 0.497. The average Bonchev–Trinajstić information content (AvgIpc) is 2.77. The lowest BCUT2D eigenvalue weighted by Gasteiger charge is -2.35. The van der Waals surface area contributed by atoms with Crippen molar-refractivity contribution in [2.75, 3.05) is 0 Å². The molecule has 0 fully saturated rings. The Bertz CT molecular complexity index is 1240. The van der Waals surface area contributed by atoms with Gasteiger partial charge in [-0.2, -0.15) is 13.2 Å². The molecule has 1 amide bonds. The zero-order valence-electron chi connectivity index (χ0n) is 17.2. The molecule has 3 rings (SSSR count). The van der Waals surface area contributed by atoms with Crippen molar-refractivity contribution >= 4 is 15.7 Å². The summed E-state index contributed by atoms with van der Waals surface area (Å²) in [5, 5.41) is 22.3. The van der Waals surface area contributed by atoms with Gasteiger partial charge in [0.1, 0.15) is 5.75 Å². The number of aliphatic hydroxyl groups is 1. The smallest absolute Gasteiger partial charge is 0.419 e. The second-order valence-corrected chi connectivity index (χ2v) is 9.40. The molecule has 0 aliphatic rings. The van der Waals surface area contributed by atoms with Gasteiger partial charge in [-0.15, -0.1) is 0 Å². The lowest BCUT2D eigenvalue weighted by Crippen LogP contribution is -2.53. The zero-order chi connectivity index (χ0) is 24.4. The lowest BCUT2D eigenvalue weighted by atomic mass is 9.89. The van der Waals surface area contributed by atoms with E-state index >= 15 is 0 Å². The number of hydrogen-bond acceptors (Lipinski definition) is 5. The third-order valence-electron chi connectivity index (χ3n) is 5.14. The Morgan fingerprint density at radius 2 is 1.39 bits per heavy atom. The summed E-state index contributed by atoms with van der Waals surface area (Å²) < 4.78 is 66.4. The van der Waals surface area contributed by atoms with Crippen LogP contribution in [-0.2, 0) is 9.84 Å². The van der Waals surface area contributed by atoms with Crippen LogP contribution in [0.5, 0.6) is 5.75 Å². The van der Waals surface area contributed by atoms with Crippen LogP contribution in [0.2, 0.25) is 0 Å². The number of para-hydroxylation sites is 1. The van der Waals surface area contributed by atoms with E-state index < -0.39 is 39.3 Å². The van der Waals surface area contributed by atoms with E-state index in [2.05, 4.69) is 5.32 Å². The van der Waals surface area contributed by atoms with E-state index in [1.807, 2.05) is 0 Å². The quantitative estimate of drug-likeness (QED) is 0.496. The minimum Gasteiger partial charge on any atom is -0.507 e. The highest BCUT2D eigenvalue weighted by Crippen LogP contribution is 2.40. The number of halogens is 3. The van der Waals surface area contributed by atoms with Crippen LogP contribution in [0.1, 0.15) is 28.9 Å². The van der Waals surface area contributed by atoms with Crippen molar-refractivity contribution in [2.24, 2.45) is 0 Å². The summed E-state index contributed by atoms with van der Waals surface area (Å²) in [6.07, 6.45) is -5.14. The molecule has 10 heteroatoms. The maximum absolute atomic E-state index is 13.6. The fraction of sp³-hybridized carbons (Fsp3) is 0.174. The highest BCUT2D eigenvalue weighted by atomic mass is 32.2. The Balaban J connectivity index is 2.01. The maximum atomic E-state index is 13.6. The maximum Gasteiger partial charge on any atom is 0.419 e. The van der Waals surface area contributed by atoms with Crippen molar-refractivity contribution in [3.05, 3.63) is 90.0 Å². The van der Waals surface area contributed by atoms with Gasteiger partial charge < -0.3 is 15.5 Å². The van der Waals surface area contributed by atoms with Gasteiger partial charge in [-0.3, -0.25) is 4.79 Å². The number of amides is 1. The van der Waals surface area contributed by atoms with Gasteiger partial charge in [-0.1, -0.05) is 42.5 Å². The third-order valence-corrected chi connectivity index (χ3v) is 6.92. The predicted molar refractivity (Wildman–Crippen MR) is 113 cm³/mol. The monoisotopic (exact) mass is 479 g/mol. The van der Waals surface area contributed by atoms with Crippen molar-refractivity contribution in [3.8, 4) is 5.75 Å². The second kappa shape index (κ2) is 8.87. The molecule has 3 aromatic carbocycles. The van der Waals surface area contributed by atoms with Crippen molar-refractivity contribution in [1.29, 1.82) is 0 Å². The third kappa shape index (κ3) is 4.86. The van der Waals surface area contributed by atoms with Crippen LogP contribution < -0.4 is 5.32 Å². The number of sulfone groups is 1. The van der Waals surface area contributed by atoms with Gasteiger partial charge in [0, 0.05) is 0 Å². The molecule has 2 atom stereocenters. The first-order valence-corrected chi connectivity index (χ1v) is 11.1. The van der Waals surface area contributed by atoms with E-state index in [0.717, 1.165) is 24.3 Å². The van der Waals surface area contributed by atoms with Crippen molar-refractivity contribution in [2.45, 2.75) is 34.5 Å². The second-order valence-electron chi connectivity index (χ2n) is 7.45. The van der Waals surface area contributed by atoms with E-state index in [1.165, 1.54) is 48.5 Å². The van der Waals surface area contributed by atoms with E-state index in [-0.39, 0.29) is 20.9 Å². The number of carbonyl (C=O) groups excluding carboxylic acids is 1. The lowest BCUT2D eigenvalue weighted by molar-refractivity contribution is -0.263. The molecule has 3 N–H and O–H groups in total. The molecule has 33 heavy (non-hydrogen) atoms. The van der Waals surface area contributed by atoms with Crippen molar-refractivity contribution in [3.63, 3.8) is 0 Å². The Morgan fingerprint density at radius 3 is 1.94 bits per heavy atom. The van der Waals surface area contributed by atoms with Crippen LogP contribution in [0.3, 0.4) is 0 Å². The molecule has 0 aromatic heterocycles. The van der Waals surface area contributed by atoms with Crippen molar-refractivity contribution in [1.82, 2.24) is 5.32 Å². The Hall–Kier alpha value is -3.37. The molecule has 0 aliphatic carbocycles. The summed E-state index contributed by atoms with van der Waals surface area (Å²) in [5.41, 5.74) is -3.88. The van der Waals surface area contributed by atoms with Crippen LogP contribution >= 0.6 is 0 Å². The minimum atomic E-state index is -5.14. The number of nitrogens with one attached hydrogen (secondary N) is 1. The fourth-order valence-electron chi connectivity index (χ4n) is 3.16. The molecule has 3 aromatic rings. The molecule has 0 radical (unpaired) electrons. The van der Waals surface area contributed by atoms with E-state index in [9.17, 15) is 36.6 Å². The summed E-state index contributed by atoms with van der Waals surface area (Å²) in [6, 6.07) is 15.1. The molecule has 0 aliphatic heterocycles. The van der Waals surface area contributed by atoms with Gasteiger partial charge in [0.25, 0.3) is 5.91 Å². The number of carbonyl (C=O) groups is 1. The van der Waals surface area contributed by atoms with Crippen LogP contribution in [-0.4, -0.2) is 36.3 Å². The van der Waals surface area contributed by atoms with Crippen LogP contribution in [0, 0.1) is 0 Å². The fourth-order valence-corrected chi connectivity index (χ4v) is 4.44. The summed E-state index contributed by atoms with van der Waals surface area (Å²) in [4.78, 5) is 12.4. The number of hydrogen-bond donors (Lipinski definition) is 3. The van der Waals surface area contributed by atoms with Crippen LogP contribution in [0.4, 0.5) is 13.2 Å². The van der Waals surface area contributed by atoms with Gasteiger partial charge in [0.15, 0.2) is 5.60 Å². The van der Waals surface area contributed by atoms with Crippen LogP contribution in [0.25, 0.3) is 0 Å². The Kier molecular flexibility index (Phi) is 6.53. The largest absolute Gasteiger partial charge is 0.507 e. The molecule has 6 nitrogen and oxygen atoms in total. The average molecular weight is 479 g/mol. The standard InChI is InChI=1S/C23H20F3NO5S/c1-22(30,23(24,25)26)20(27-21(29)18-9-5-6-10-19(18)28)15-11-13-17(14-12-15)33(31,32)16-7-3-2-4-8-16/h2-14,20,28,30H,1H3,(H,27,29). The number of phenols is 1. The summed E-state index contributed by atoms with van der Waals surface area (Å²) >= 11 is 0. The van der Waals surface area contributed by atoms with Gasteiger partial charge in [0.05, 0.1) is 21.4 Å². The number of aromatic hydroxyl groups is 1. The first kappa shape index (κ1) is 24.3. The van der Waals surface area contributed by atoms with Crippen LogP contribution in [0.15, 0.2) is 88.7 Å². The van der Waals surface area contributed by atoms with Gasteiger partial charge in [-0.05, 0) is 48.9 Å². The molecule has 0 saturated carbocycles. The van der Waals surface area contributed by atoms with Crippen molar-refractivity contribution < 1.29 is 36.6 Å². The van der Waals surface area contributed by atoms with Gasteiger partial charge in [0.2, 0.25) is 9.84 Å².